The fourth-order valence-electron chi connectivity index (χ4n) is 2.25. The van der Waals surface area contributed by atoms with Gasteiger partial charge in [0.15, 0.2) is 0 Å². The van der Waals surface area contributed by atoms with Gasteiger partial charge in [0, 0.05) is 27.8 Å². The van der Waals surface area contributed by atoms with Crippen LogP contribution in [0, 0.1) is 0 Å². The number of aromatic amines is 1. The lowest BCUT2D eigenvalue weighted by molar-refractivity contribution is 0.408. The van der Waals surface area contributed by atoms with Gasteiger partial charge in [0.25, 0.3) is 0 Å². The van der Waals surface area contributed by atoms with Gasteiger partial charge in [-0.15, -0.1) is 0 Å². The van der Waals surface area contributed by atoms with E-state index >= 15 is 0 Å². The van der Waals surface area contributed by atoms with Crippen LogP contribution in [0.1, 0.15) is 0 Å². The summed E-state index contributed by atoms with van der Waals surface area (Å²) >= 11 is 12.2. The van der Waals surface area contributed by atoms with Gasteiger partial charge in [-0.05, 0) is 24.3 Å². The molecular weight excluding hydrogens is 323 g/mol. The number of methoxy groups -OCH3 is 1. The molecule has 0 aliphatic rings. The maximum Gasteiger partial charge on any atom is 0.128 e. The van der Waals surface area contributed by atoms with E-state index in [9.17, 15) is 5.11 Å². The molecule has 112 valence electrons. The summed E-state index contributed by atoms with van der Waals surface area (Å²) in [6.07, 6.45) is 1.66. The van der Waals surface area contributed by atoms with Crippen molar-refractivity contribution in [3.05, 3.63) is 52.6 Å². The second-order valence-electron chi connectivity index (χ2n) is 4.67. The maximum atomic E-state index is 10.2. The Morgan fingerprint density at radius 1 is 1.05 bits per heavy atom. The summed E-state index contributed by atoms with van der Waals surface area (Å²) in [4.78, 5) is 0. The van der Waals surface area contributed by atoms with Crippen molar-refractivity contribution in [2.75, 3.05) is 7.11 Å². The number of nitrogens with zero attached hydrogens (tertiary/aromatic N) is 1. The fraction of sp³-hybridized carbons (Fsp3) is 0.0625. The smallest absolute Gasteiger partial charge is 0.128 e. The van der Waals surface area contributed by atoms with E-state index in [4.69, 9.17) is 27.9 Å². The highest BCUT2D eigenvalue weighted by Gasteiger charge is 2.16. The molecular formula is C16H12Cl2N2O2. The quantitative estimate of drug-likeness (QED) is 0.725. The summed E-state index contributed by atoms with van der Waals surface area (Å²) in [5, 5.41) is 18.2. The minimum atomic E-state index is 0.0925. The standard InChI is InChI=1S/C16H12Cl2N2O2/c1-22-10-3-5-12(15(21)7-10)16-13(8-19-20-16)11-4-2-9(17)6-14(11)18/h2-8,21H,1H3,(H,19,20). The van der Waals surface area contributed by atoms with Crippen LogP contribution in [0.25, 0.3) is 22.4 Å². The summed E-state index contributed by atoms with van der Waals surface area (Å²) in [6.45, 7) is 0. The predicted molar refractivity (Wildman–Crippen MR) is 87.7 cm³/mol. The van der Waals surface area contributed by atoms with Crippen LogP contribution in [-0.4, -0.2) is 22.4 Å². The monoisotopic (exact) mass is 334 g/mol. The predicted octanol–water partition coefficient (Wildman–Crippen LogP) is 4.76. The molecule has 0 aliphatic carbocycles. The van der Waals surface area contributed by atoms with Gasteiger partial charge in [0.2, 0.25) is 0 Å². The highest BCUT2D eigenvalue weighted by Crippen LogP contribution is 2.39. The molecule has 2 N–H and O–H groups in total. The van der Waals surface area contributed by atoms with Gasteiger partial charge in [-0.3, -0.25) is 5.10 Å². The number of hydrogen-bond acceptors (Lipinski definition) is 3. The summed E-state index contributed by atoms with van der Waals surface area (Å²) < 4.78 is 5.09. The van der Waals surface area contributed by atoms with Crippen LogP contribution in [0.2, 0.25) is 10.0 Å². The van der Waals surface area contributed by atoms with Gasteiger partial charge >= 0.3 is 0 Å². The Morgan fingerprint density at radius 3 is 2.50 bits per heavy atom. The molecule has 1 heterocycles. The van der Waals surface area contributed by atoms with Crippen molar-refractivity contribution in [3.8, 4) is 33.9 Å². The van der Waals surface area contributed by atoms with Crippen molar-refractivity contribution in [2.45, 2.75) is 0 Å². The molecule has 2 aromatic carbocycles. The summed E-state index contributed by atoms with van der Waals surface area (Å²) in [5.74, 6) is 0.668. The van der Waals surface area contributed by atoms with Crippen LogP contribution in [0.3, 0.4) is 0 Å². The number of hydrogen-bond donors (Lipinski definition) is 2. The number of rotatable bonds is 3. The Hall–Kier alpha value is -2.17. The van der Waals surface area contributed by atoms with E-state index in [-0.39, 0.29) is 5.75 Å². The first-order valence-corrected chi connectivity index (χ1v) is 7.22. The minimum Gasteiger partial charge on any atom is -0.507 e. The molecule has 1 aromatic heterocycles. The highest BCUT2D eigenvalue weighted by molar-refractivity contribution is 6.36. The molecule has 0 bridgehead atoms. The Morgan fingerprint density at radius 2 is 1.82 bits per heavy atom. The van der Waals surface area contributed by atoms with Gasteiger partial charge in [-0.1, -0.05) is 29.3 Å². The molecule has 0 unspecified atom stereocenters. The molecule has 0 saturated carbocycles. The number of benzene rings is 2. The molecule has 22 heavy (non-hydrogen) atoms. The van der Waals surface area contributed by atoms with Crippen molar-refractivity contribution in [2.24, 2.45) is 0 Å². The van der Waals surface area contributed by atoms with Crippen LogP contribution >= 0.6 is 23.2 Å². The normalized spacial score (nSPS) is 10.7. The number of phenolic OH excluding ortho intramolecular Hbond substituents is 1. The SMILES string of the molecule is COc1ccc(-c2[nH]ncc2-c2ccc(Cl)cc2Cl)c(O)c1. The molecule has 0 aliphatic heterocycles. The zero-order valence-corrected chi connectivity index (χ0v) is 13.1. The molecule has 0 amide bonds. The van der Waals surface area contributed by atoms with E-state index in [0.29, 0.717) is 27.1 Å². The number of nitrogens with one attached hydrogen (secondary N) is 1. The van der Waals surface area contributed by atoms with Crippen molar-refractivity contribution < 1.29 is 9.84 Å². The van der Waals surface area contributed by atoms with Crippen molar-refractivity contribution in [3.63, 3.8) is 0 Å². The summed E-state index contributed by atoms with van der Waals surface area (Å²) in [7, 11) is 1.55. The minimum absolute atomic E-state index is 0.0925. The molecule has 0 radical (unpaired) electrons. The van der Waals surface area contributed by atoms with Crippen LogP contribution in [0.15, 0.2) is 42.6 Å². The van der Waals surface area contributed by atoms with Crippen LogP contribution in [-0.2, 0) is 0 Å². The number of aromatic nitrogens is 2. The first-order chi connectivity index (χ1) is 10.6. The molecule has 6 heteroatoms. The van der Waals surface area contributed by atoms with Crippen LogP contribution in [0.5, 0.6) is 11.5 Å². The van der Waals surface area contributed by atoms with E-state index in [1.54, 1.807) is 43.6 Å². The lowest BCUT2D eigenvalue weighted by atomic mass is 10.0. The Balaban J connectivity index is 2.13. The summed E-state index contributed by atoms with van der Waals surface area (Å²) in [5.41, 5.74) is 2.84. The molecule has 3 rings (SSSR count). The lowest BCUT2D eigenvalue weighted by Gasteiger charge is -2.09. The van der Waals surface area contributed by atoms with Crippen molar-refractivity contribution >= 4 is 23.2 Å². The van der Waals surface area contributed by atoms with Gasteiger partial charge in [0.1, 0.15) is 11.5 Å². The zero-order valence-electron chi connectivity index (χ0n) is 11.6. The van der Waals surface area contributed by atoms with Crippen molar-refractivity contribution in [1.82, 2.24) is 10.2 Å². The number of H-pyrrole nitrogens is 1. The molecule has 4 nitrogen and oxygen atoms in total. The second-order valence-corrected chi connectivity index (χ2v) is 5.51. The molecule has 3 aromatic rings. The first-order valence-electron chi connectivity index (χ1n) is 6.46. The van der Waals surface area contributed by atoms with Gasteiger partial charge < -0.3 is 9.84 Å². The van der Waals surface area contributed by atoms with E-state index in [1.807, 2.05) is 6.07 Å². The third-order valence-electron chi connectivity index (χ3n) is 3.33. The zero-order chi connectivity index (χ0) is 15.7. The van der Waals surface area contributed by atoms with Crippen LogP contribution in [0.4, 0.5) is 0 Å². The highest BCUT2D eigenvalue weighted by atomic mass is 35.5. The largest absolute Gasteiger partial charge is 0.507 e. The summed E-state index contributed by atoms with van der Waals surface area (Å²) in [6, 6.07) is 10.3. The Labute approximate surface area is 137 Å². The first kappa shape index (κ1) is 14.8. The molecule has 0 atom stereocenters. The number of ether oxygens (including phenoxy) is 1. The number of aromatic hydroxyl groups is 1. The average Bonchev–Trinajstić information content (AvgIpc) is 2.96. The Bertz CT molecular complexity index is 831. The van der Waals surface area contributed by atoms with E-state index in [0.717, 1.165) is 11.1 Å². The van der Waals surface area contributed by atoms with Gasteiger partial charge in [0.05, 0.1) is 24.0 Å². The van der Waals surface area contributed by atoms with Crippen molar-refractivity contribution in [1.29, 1.82) is 0 Å². The molecule has 0 spiro atoms. The fourth-order valence-corrected chi connectivity index (χ4v) is 2.76. The maximum absolute atomic E-state index is 10.2. The van der Waals surface area contributed by atoms with Crippen LogP contribution < -0.4 is 4.74 Å². The van der Waals surface area contributed by atoms with E-state index in [2.05, 4.69) is 10.2 Å². The third-order valence-corrected chi connectivity index (χ3v) is 3.88. The topological polar surface area (TPSA) is 58.1 Å². The van der Waals surface area contributed by atoms with E-state index in [1.165, 1.54) is 0 Å². The van der Waals surface area contributed by atoms with E-state index < -0.39 is 0 Å². The average molecular weight is 335 g/mol. The third kappa shape index (κ3) is 2.63. The number of phenols is 1. The number of halogens is 2. The van der Waals surface area contributed by atoms with Gasteiger partial charge in [-0.2, -0.15) is 5.10 Å². The lowest BCUT2D eigenvalue weighted by Crippen LogP contribution is -1.87. The second kappa shape index (κ2) is 5.91. The Kier molecular flexibility index (Phi) is 3.96. The molecule has 0 fully saturated rings. The molecule has 0 saturated heterocycles. The van der Waals surface area contributed by atoms with Gasteiger partial charge in [-0.25, -0.2) is 0 Å².